The van der Waals surface area contributed by atoms with E-state index in [0.717, 1.165) is 69.8 Å². The van der Waals surface area contributed by atoms with E-state index in [1.54, 1.807) is 14.2 Å². The van der Waals surface area contributed by atoms with E-state index in [1.807, 2.05) is 53.4 Å². The number of rotatable bonds is 6. The Labute approximate surface area is 204 Å². The van der Waals surface area contributed by atoms with Crippen molar-refractivity contribution in [2.24, 2.45) is 0 Å². The first-order valence-electron chi connectivity index (χ1n) is 12.0. The van der Waals surface area contributed by atoms with Crippen molar-refractivity contribution in [2.45, 2.75) is 25.0 Å². The summed E-state index contributed by atoms with van der Waals surface area (Å²) in [5.41, 5.74) is 5.66. The molecule has 1 saturated heterocycles. The van der Waals surface area contributed by atoms with Gasteiger partial charge in [0.05, 0.1) is 32.1 Å². The first kappa shape index (κ1) is 21.7. The summed E-state index contributed by atoms with van der Waals surface area (Å²) in [4.78, 5) is 19.3. The predicted octanol–water partition coefficient (Wildman–Crippen LogP) is 5.58. The topological polar surface area (TPSA) is 63.8 Å². The van der Waals surface area contributed by atoms with Gasteiger partial charge in [-0.2, -0.15) is 0 Å². The fourth-order valence-electron chi connectivity index (χ4n) is 5.55. The summed E-state index contributed by atoms with van der Waals surface area (Å²) in [6, 6.07) is 21.7. The lowest BCUT2D eigenvalue weighted by molar-refractivity contribution is 0.0501. The van der Waals surface area contributed by atoms with Crippen LogP contribution in [0.1, 0.15) is 40.4 Å². The van der Waals surface area contributed by atoms with Crippen molar-refractivity contribution in [3.63, 3.8) is 0 Å². The number of hydrogen-bond donors (Lipinski definition) is 1. The van der Waals surface area contributed by atoms with Crippen molar-refractivity contribution in [3.05, 3.63) is 83.4 Å². The normalized spacial score (nSPS) is 19.4. The predicted molar refractivity (Wildman–Crippen MR) is 135 cm³/mol. The highest BCUT2D eigenvalue weighted by Gasteiger charge is 2.41. The molecule has 6 rings (SSSR count). The lowest BCUT2D eigenvalue weighted by Gasteiger charge is -2.29. The summed E-state index contributed by atoms with van der Waals surface area (Å²) in [5, 5.41) is 1.08. The van der Waals surface area contributed by atoms with Gasteiger partial charge in [-0.05, 0) is 48.7 Å². The summed E-state index contributed by atoms with van der Waals surface area (Å²) < 4.78 is 17.3. The van der Waals surface area contributed by atoms with Crippen molar-refractivity contribution in [1.82, 2.24) is 9.88 Å². The third-order valence-corrected chi connectivity index (χ3v) is 7.18. The number of nitrogens with zero attached hydrogens (tertiary/aromatic N) is 1. The number of aromatic nitrogens is 1. The van der Waals surface area contributed by atoms with Crippen LogP contribution < -0.4 is 9.47 Å². The highest BCUT2D eigenvalue weighted by Crippen LogP contribution is 2.47. The molecular formula is C29H28N2O4. The smallest absolute Gasteiger partial charge is 0.255 e. The molecule has 0 saturated carbocycles. The first-order chi connectivity index (χ1) is 17.2. The largest absolute Gasteiger partial charge is 0.497 e. The van der Waals surface area contributed by atoms with Gasteiger partial charge in [0.15, 0.2) is 0 Å². The SMILES string of the molecule is COc1ccc(OC)c(-c2[nH]c3ccccc3c2C2c3ccccc3C(=O)N2CC2CCCO2)c1. The van der Waals surface area contributed by atoms with E-state index in [1.165, 1.54) is 0 Å². The molecule has 1 N–H and O–H groups in total. The van der Waals surface area contributed by atoms with Gasteiger partial charge in [0.2, 0.25) is 0 Å². The van der Waals surface area contributed by atoms with E-state index in [0.29, 0.717) is 6.54 Å². The van der Waals surface area contributed by atoms with Crippen LogP contribution in [0.2, 0.25) is 0 Å². The van der Waals surface area contributed by atoms with Crippen LogP contribution >= 0.6 is 0 Å². The van der Waals surface area contributed by atoms with E-state index in [2.05, 4.69) is 23.2 Å². The molecule has 4 aromatic rings. The van der Waals surface area contributed by atoms with E-state index in [9.17, 15) is 4.79 Å². The molecular weight excluding hydrogens is 440 g/mol. The number of ether oxygens (including phenoxy) is 3. The molecule has 2 aliphatic rings. The molecule has 1 fully saturated rings. The molecule has 1 amide bonds. The molecule has 2 unspecified atom stereocenters. The Balaban J connectivity index is 1.60. The zero-order valence-corrected chi connectivity index (χ0v) is 19.9. The van der Waals surface area contributed by atoms with Crippen LogP contribution in [0.5, 0.6) is 11.5 Å². The molecule has 2 aliphatic heterocycles. The molecule has 0 bridgehead atoms. The van der Waals surface area contributed by atoms with Crippen molar-refractivity contribution < 1.29 is 19.0 Å². The zero-order valence-electron chi connectivity index (χ0n) is 19.9. The van der Waals surface area contributed by atoms with Gasteiger partial charge >= 0.3 is 0 Å². The number of hydrogen-bond acceptors (Lipinski definition) is 4. The van der Waals surface area contributed by atoms with Crippen LogP contribution in [-0.2, 0) is 4.74 Å². The van der Waals surface area contributed by atoms with Gasteiger partial charge in [0.25, 0.3) is 5.91 Å². The average Bonchev–Trinajstić information content (AvgIpc) is 3.61. The molecule has 178 valence electrons. The van der Waals surface area contributed by atoms with Gasteiger partial charge in [-0.25, -0.2) is 0 Å². The lowest BCUT2D eigenvalue weighted by Crippen LogP contribution is -2.35. The summed E-state index contributed by atoms with van der Waals surface area (Å²) in [6.07, 6.45) is 2.05. The van der Waals surface area contributed by atoms with E-state index >= 15 is 0 Å². The summed E-state index contributed by atoms with van der Waals surface area (Å²) in [5.74, 6) is 1.53. The summed E-state index contributed by atoms with van der Waals surface area (Å²) in [6.45, 7) is 1.32. The molecule has 35 heavy (non-hydrogen) atoms. The van der Waals surface area contributed by atoms with Gasteiger partial charge in [-0.15, -0.1) is 0 Å². The van der Waals surface area contributed by atoms with Crippen molar-refractivity contribution in [3.8, 4) is 22.8 Å². The third kappa shape index (κ3) is 3.56. The minimum Gasteiger partial charge on any atom is -0.497 e. The maximum atomic E-state index is 13.7. The van der Waals surface area contributed by atoms with Crippen LogP contribution in [0, 0.1) is 0 Å². The third-order valence-electron chi connectivity index (χ3n) is 7.18. The highest BCUT2D eigenvalue weighted by atomic mass is 16.5. The molecule has 6 nitrogen and oxygen atoms in total. The van der Waals surface area contributed by atoms with Crippen molar-refractivity contribution >= 4 is 16.8 Å². The minimum absolute atomic E-state index is 0.0509. The second kappa shape index (κ2) is 8.78. The zero-order chi connectivity index (χ0) is 23.9. The molecule has 3 aromatic carbocycles. The Morgan fingerprint density at radius 3 is 2.63 bits per heavy atom. The number of H-pyrrole nitrogens is 1. The van der Waals surface area contributed by atoms with E-state index < -0.39 is 0 Å². The van der Waals surface area contributed by atoms with Gasteiger partial charge in [-0.3, -0.25) is 4.79 Å². The average molecular weight is 469 g/mol. The number of methoxy groups -OCH3 is 2. The molecule has 0 aliphatic carbocycles. The van der Waals surface area contributed by atoms with E-state index in [4.69, 9.17) is 14.2 Å². The number of carbonyl (C=O) groups is 1. The number of nitrogens with one attached hydrogen (secondary N) is 1. The van der Waals surface area contributed by atoms with Crippen molar-refractivity contribution in [2.75, 3.05) is 27.4 Å². The monoisotopic (exact) mass is 468 g/mol. The Bertz CT molecular complexity index is 1400. The van der Waals surface area contributed by atoms with Crippen LogP contribution in [0.3, 0.4) is 0 Å². The number of fused-ring (bicyclic) bond motifs is 2. The molecule has 0 radical (unpaired) electrons. The summed E-state index contributed by atoms with van der Waals surface area (Å²) >= 11 is 0. The molecule has 2 atom stereocenters. The second-order valence-electron chi connectivity index (χ2n) is 9.11. The Kier molecular flexibility index (Phi) is 5.46. The summed E-state index contributed by atoms with van der Waals surface area (Å²) in [7, 11) is 3.33. The fourth-order valence-corrected chi connectivity index (χ4v) is 5.55. The van der Waals surface area contributed by atoms with Crippen LogP contribution in [0.15, 0.2) is 66.7 Å². The first-order valence-corrected chi connectivity index (χ1v) is 12.0. The van der Waals surface area contributed by atoms with Gasteiger partial charge in [-0.1, -0.05) is 36.4 Å². The number of para-hydroxylation sites is 1. The van der Waals surface area contributed by atoms with Gasteiger partial charge in [0, 0.05) is 40.7 Å². The lowest BCUT2D eigenvalue weighted by atomic mass is 9.92. The van der Waals surface area contributed by atoms with Crippen LogP contribution in [0.25, 0.3) is 22.2 Å². The van der Waals surface area contributed by atoms with Crippen molar-refractivity contribution in [1.29, 1.82) is 0 Å². The number of amides is 1. The fraction of sp³-hybridized carbons (Fsp3) is 0.276. The maximum absolute atomic E-state index is 13.7. The quantitative estimate of drug-likeness (QED) is 0.401. The molecule has 3 heterocycles. The second-order valence-corrected chi connectivity index (χ2v) is 9.11. The maximum Gasteiger partial charge on any atom is 0.255 e. The highest BCUT2D eigenvalue weighted by molar-refractivity contribution is 6.02. The molecule has 6 heteroatoms. The standard InChI is InChI=1S/C29H28N2O4/c1-33-18-13-14-25(34-2)23(16-18)27-26(22-11-5-6-12-24(22)30-27)28-20-9-3-4-10-21(20)29(32)31(28)17-19-8-7-15-35-19/h3-6,9-14,16,19,28,30H,7-8,15,17H2,1-2H3. The Morgan fingerprint density at radius 2 is 1.83 bits per heavy atom. The van der Waals surface area contributed by atoms with Gasteiger partial charge in [0.1, 0.15) is 11.5 Å². The van der Waals surface area contributed by atoms with Crippen LogP contribution in [-0.4, -0.2) is 49.3 Å². The van der Waals surface area contributed by atoms with Crippen LogP contribution in [0.4, 0.5) is 0 Å². The molecule has 1 aromatic heterocycles. The van der Waals surface area contributed by atoms with E-state index in [-0.39, 0.29) is 18.1 Å². The Hall–Kier alpha value is -3.77. The number of benzene rings is 3. The van der Waals surface area contributed by atoms with Gasteiger partial charge < -0.3 is 24.1 Å². The Morgan fingerprint density at radius 1 is 1.00 bits per heavy atom. The molecule has 0 spiro atoms. The number of carbonyl (C=O) groups excluding carboxylic acids is 1. The minimum atomic E-state index is -0.245. The number of aromatic amines is 1.